The highest BCUT2D eigenvalue weighted by Gasteiger charge is 2.30. The van der Waals surface area contributed by atoms with Crippen LogP contribution in [-0.2, 0) is 6.42 Å². The van der Waals surface area contributed by atoms with E-state index in [1.54, 1.807) is 12.1 Å². The fraction of sp³-hybridized carbons (Fsp3) is 0.400. The van der Waals surface area contributed by atoms with Crippen molar-refractivity contribution >= 4 is 17.4 Å². The lowest BCUT2D eigenvalue weighted by Gasteiger charge is -2.08. The third-order valence-corrected chi connectivity index (χ3v) is 3.92. The SMILES string of the molecule is CCCc1nc(-c2c(F)cccc2Cl)c(N)n1C1CC1. The van der Waals surface area contributed by atoms with E-state index >= 15 is 0 Å². The van der Waals surface area contributed by atoms with Crippen molar-refractivity contribution in [3.63, 3.8) is 0 Å². The summed E-state index contributed by atoms with van der Waals surface area (Å²) >= 11 is 6.13. The van der Waals surface area contributed by atoms with E-state index in [1.807, 2.05) is 0 Å². The molecular formula is C15H17ClFN3. The fourth-order valence-corrected chi connectivity index (χ4v) is 2.79. The van der Waals surface area contributed by atoms with Gasteiger partial charge in [-0.2, -0.15) is 0 Å². The van der Waals surface area contributed by atoms with Crippen LogP contribution in [0.5, 0.6) is 0 Å². The number of hydrogen-bond donors (Lipinski definition) is 1. The normalized spacial score (nSPS) is 14.8. The molecule has 0 spiro atoms. The average Bonchev–Trinajstić information content (AvgIpc) is 3.17. The van der Waals surface area contributed by atoms with Crippen molar-refractivity contribution in [3.8, 4) is 11.3 Å². The molecule has 1 aliphatic carbocycles. The molecule has 1 aromatic heterocycles. The standard InChI is InChI=1S/C15H17ClFN3/c1-2-4-12-19-14(15(18)20(12)9-7-8-9)13-10(16)5-3-6-11(13)17/h3,5-6,9H,2,4,7-8,18H2,1H3. The van der Waals surface area contributed by atoms with Gasteiger partial charge in [-0.05, 0) is 31.4 Å². The molecule has 0 amide bonds. The molecule has 3 nitrogen and oxygen atoms in total. The Kier molecular flexibility index (Phi) is 3.42. The molecule has 3 rings (SSSR count). The van der Waals surface area contributed by atoms with Gasteiger partial charge in [-0.15, -0.1) is 0 Å². The summed E-state index contributed by atoms with van der Waals surface area (Å²) in [6.45, 7) is 2.10. The molecule has 1 fully saturated rings. The van der Waals surface area contributed by atoms with Gasteiger partial charge in [-0.3, -0.25) is 0 Å². The number of aryl methyl sites for hydroxylation is 1. The van der Waals surface area contributed by atoms with Crippen molar-refractivity contribution in [1.29, 1.82) is 0 Å². The first-order valence-corrected chi connectivity index (χ1v) is 7.32. The van der Waals surface area contributed by atoms with Crippen molar-refractivity contribution in [2.45, 2.75) is 38.6 Å². The number of rotatable bonds is 4. The molecule has 0 saturated heterocycles. The van der Waals surface area contributed by atoms with E-state index in [-0.39, 0.29) is 5.82 Å². The van der Waals surface area contributed by atoms with Gasteiger partial charge in [0.05, 0.1) is 10.6 Å². The van der Waals surface area contributed by atoms with Crippen LogP contribution in [0.25, 0.3) is 11.3 Å². The summed E-state index contributed by atoms with van der Waals surface area (Å²) in [4.78, 5) is 4.57. The largest absolute Gasteiger partial charge is 0.383 e. The number of imidazole rings is 1. The zero-order valence-corrected chi connectivity index (χ0v) is 12.1. The van der Waals surface area contributed by atoms with E-state index in [4.69, 9.17) is 17.3 Å². The summed E-state index contributed by atoms with van der Waals surface area (Å²) in [6.07, 6.45) is 4.05. The van der Waals surface area contributed by atoms with E-state index in [1.165, 1.54) is 6.07 Å². The average molecular weight is 294 g/mol. The molecule has 1 aliphatic rings. The highest BCUT2D eigenvalue weighted by molar-refractivity contribution is 6.33. The maximum atomic E-state index is 14.1. The van der Waals surface area contributed by atoms with Crippen LogP contribution >= 0.6 is 11.6 Å². The van der Waals surface area contributed by atoms with Crippen LogP contribution in [0.15, 0.2) is 18.2 Å². The van der Waals surface area contributed by atoms with Crippen LogP contribution in [0.3, 0.4) is 0 Å². The number of hydrogen-bond acceptors (Lipinski definition) is 2. The van der Waals surface area contributed by atoms with Crippen LogP contribution in [0.4, 0.5) is 10.2 Å². The fourth-order valence-electron chi connectivity index (χ4n) is 2.54. The molecule has 2 N–H and O–H groups in total. The second-order valence-corrected chi connectivity index (χ2v) is 5.62. The number of aromatic nitrogens is 2. The predicted molar refractivity (Wildman–Crippen MR) is 79.3 cm³/mol. The number of halogens is 2. The molecule has 0 aliphatic heterocycles. The first-order valence-electron chi connectivity index (χ1n) is 6.94. The maximum absolute atomic E-state index is 14.1. The van der Waals surface area contributed by atoms with Gasteiger partial charge >= 0.3 is 0 Å². The summed E-state index contributed by atoms with van der Waals surface area (Å²) in [5, 5.41) is 0.347. The smallest absolute Gasteiger partial charge is 0.134 e. The lowest BCUT2D eigenvalue weighted by molar-refractivity contribution is 0.631. The van der Waals surface area contributed by atoms with Gasteiger partial charge in [-0.25, -0.2) is 9.37 Å². The van der Waals surface area contributed by atoms with Crippen molar-refractivity contribution in [2.24, 2.45) is 0 Å². The molecule has 0 radical (unpaired) electrons. The Morgan fingerprint density at radius 2 is 2.20 bits per heavy atom. The van der Waals surface area contributed by atoms with Gasteiger partial charge in [0, 0.05) is 12.5 Å². The van der Waals surface area contributed by atoms with Gasteiger partial charge in [0.2, 0.25) is 0 Å². The molecule has 20 heavy (non-hydrogen) atoms. The second-order valence-electron chi connectivity index (χ2n) is 5.21. The molecule has 106 valence electrons. The molecule has 1 saturated carbocycles. The van der Waals surface area contributed by atoms with Crippen LogP contribution in [0.2, 0.25) is 5.02 Å². The minimum atomic E-state index is -0.382. The molecule has 2 aromatic rings. The van der Waals surface area contributed by atoms with E-state index in [9.17, 15) is 4.39 Å². The number of nitrogen functional groups attached to an aromatic ring is 1. The van der Waals surface area contributed by atoms with Gasteiger partial charge in [0.1, 0.15) is 23.2 Å². The zero-order valence-electron chi connectivity index (χ0n) is 11.4. The van der Waals surface area contributed by atoms with Gasteiger partial charge in [-0.1, -0.05) is 24.6 Å². The first kappa shape index (κ1) is 13.4. The van der Waals surface area contributed by atoms with Crippen molar-refractivity contribution in [3.05, 3.63) is 34.9 Å². The maximum Gasteiger partial charge on any atom is 0.134 e. The quantitative estimate of drug-likeness (QED) is 0.917. The third-order valence-electron chi connectivity index (χ3n) is 3.61. The van der Waals surface area contributed by atoms with Crippen LogP contribution in [0, 0.1) is 5.82 Å². The lowest BCUT2D eigenvalue weighted by Crippen LogP contribution is -2.05. The Hall–Kier alpha value is -1.55. The summed E-state index contributed by atoms with van der Waals surface area (Å²) in [7, 11) is 0. The van der Waals surface area contributed by atoms with E-state index in [0.29, 0.717) is 28.1 Å². The van der Waals surface area contributed by atoms with Crippen molar-refractivity contribution in [2.75, 3.05) is 5.73 Å². The summed E-state index contributed by atoms with van der Waals surface area (Å²) < 4.78 is 16.1. The molecule has 1 aromatic carbocycles. The molecule has 0 unspecified atom stereocenters. The summed E-state index contributed by atoms with van der Waals surface area (Å²) in [5.41, 5.74) is 7.00. The third kappa shape index (κ3) is 2.18. The van der Waals surface area contributed by atoms with Crippen LogP contribution < -0.4 is 5.73 Å². The number of nitrogens with two attached hydrogens (primary N) is 1. The van der Waals surface area contributed by atoms with E-state index in [0.717, 1.165) is 31.5 Å². The highest BCUT2D eigenvalue weighted by Crippen LogP contribution is 2.42. The minimum Gasteiger partial charge on any atom is -0.383 e. The summed E-state index contributed by atoms with van der Waals surface area (Å²) in [5.74, 6) is 1.08. The van der Waals surface area contributed by atoms with Crippen molar-refractivity contribution < 1.29 is 4.39 Å². The minimum absolute atomic E-state index is 0.309. The van der Waals surface area contributed by atoms with Gasteiger partial charge in [0.25, 0.3) is 0 Å². The van der Waals surface area contributed by atoms with E-state index in [2.05, 4.69) is 16.5 Å². The number of nitrogens with zero attached hydrogens (tertiary/aromatic N) is 2. The summed E-state index contributed by atoms with van der Waals surface area (Å²) in [6, 6.07) is 5.05. The highest BCUT2D eigenvalue weighted by atomic mass is 35.5. The number of benzene rings is 1. The Balaban J connectivity index is 2.17. The Bertz CT molecular complexity index is 627. The monoisotopic (exact) mass is 293 g/mol. The molecule has 0 atom stereocenters. The van der Waals surface area contributed by atoms with Gasteiger partial charge in [0.15, 0.2) is 0 Å². The van der Waals surface area contributed by atoms with Crippen molar-refractivity contribution in [1.82, 2.24) is 9.55 Å². The first-order chi connectivity index (χ1) is 9.63. The van der Waals surface area contributed by atoms with Gasteiger partial charge < -0.3 is 10.3 Å². The molecule has 5 heteroatoms. The molecule has 0 bridgehead atoms. The zero-order chi connectivity index (χ0) is 14.3. The molecule has 1 heterocycles. The van der Waals surface area contributed by atoms with E-state index < -0.39 is 0 Å². The Morgan fingerprint density at radius 3 is 2.80 bits per heavy atom. The van der Waals surface area contributed by atoms with Crippen LogP contribution in [-0.4, -0.2) is 9.55 Å². The molecular weight excluding hydrogens is 277 g/mol. The lowest BCUT2D eigenvalue weighted by atomic mass is 10.1. The second kappa shape index (κ2) is 5.09. The Labute approximate surface area is 122 Å². The number of anilines is 1. The Morgan fingerprint density at radius 1 is 1.45 bits per heavy atom. The topological polar surface area (TPSA) is 43.8 Å². The van der Waals surface area contributed by atoms with Crippen LogP contribution in [0.1, 0.15) is 38.1 Å². The predicted octanol–water partition coefficient (Wildman–Crippen LogP) is 4.21.